The second-order valence-electron chi connectivity index (χ2n) is 6.07. The van der Waals surface area contributed by atoms with Crippen molar-refractivity contribution in [3.8, 4) is 17.2 Å². The lowest BCUT2D eigenvalue weighted by molar-refractivity contribution is -0.123. The number of nitrogens with one attached hydrogen (secondary N) is 1. The van der Waals surface area contributed by atoms with Gasteiger partial charge in [0.1, 0.15) is 17.2 Å². The number of para-hydroxylation sites is 1. The van der Waals surface area contributed by atoms with Crippen LogP contribution in [0.3, 0.4) is 0 Å². The molecule has 138 valence electrons. The van der Waals surface area contributed by atoms with Crippen LogP contribution < -0.4 is 10.2 Å². The Labute approximate surface area is 153 Å². The van der Waals surface area contributed by atoms with Gasteiger partial charge in [-0.3, -0.25) is 4.79 Å². The molecule has 6 nitrogen and oxygen atoms in total. The quantitative estimate of drug-likeness (QED) is 0.402. The largest absolute Gasteiger partial charge is 0.508 e. The van der Waals surface area contributed by atoms with Crippen molar-refractivity contribution in [2.75, 3.05) is 6.61 Å². The van der Waals surface area contributed by atoms with Gasteiger partial charge in [-0.2, -0.15) is 5.10 Å². The number of hydrogen-bond donors (Lipinski definition) is 3. The molecule has 26 heavy (non-hydrogen) atoms. The number of ether oxygens (including phenoxy) is 1. The van der Waals surface area contributed by atoms with Crippen LogP contribution in [-0.4, -0.2) is 28.4 Å². The predicted octanol–water partition coefficient (Wildman–Crippen LogP) is 3.53. The number of phenolic OH excluding ortho intramolecular Hbond substituents is 2. The Morgan fingerprint density at radius 1 is 1.23 bits per heavy atom. The predicted molar refractivity (Wildman–Crippen MR) is 101 cm³/mol. The van der Waals surface area contributed by atoms with Gasteiger partial charge in [-0.05, 0) is 49.1 Å². The summed E-state index contributed by atoms with van der Waals surface area (Å²) in [5.41, 5.74) is 4.16. The molecule has 0 aliphatic carbocycles. The van der Waals surface area contributed by atoms with Crippen LogP contribution in [0.5, 0.6) is 17.2 Å². The number of hydrogen-bond acceptors (Lipinski definition) is 5. The minimum Gasteiger partial charge on any atom is -0.508 e. The molecular weight excluding hydrogens is 332 g/mol. The zero-order chi connectivity index (χ0) is 19.1. The number of nitrogens with zero attached hydrogens (tertiary/aromatic N) is 1. The topological polar surface area (TPSA) is 91.2 Å². The molecule has 2 aromatic rings. The molecule has 3 N–H and O–H groups in total. The van der Waals surface area contributed by atoms with Gasteiger partial charge in [-0.15, -0.1) is 0 Å². The van der Waals surface area contributed by atoms with E-state index < -0.39 is 5.91 Å². The Hall–Kier alpha value is -3.02. The maximum Gasteiger partial charge on any atom is 0.277 e. The van der Waals surface area contributed by atoms with Crippen LogP contribution in [0.25, 0.3) is 0 Å². The summed E-state index contributed by atoms with van der Waals surface area (Å²) in [5, 5.41) is 23.2. The molecule has 1 unspecified atom stereocenters. The first kappa shape index (κ1) is 19.3. The van der Waals surface area contributed by atoms with E-state index in [0.29, 0.717) is 22.9 Å². The number of hydrazone groups is 1. The van der Waals surface area contributed by atoms with E-state index in [-0.39, 0.29) is 18.1 Å². The van der Waals surface area contributed by atoms with Crippen molar-refractivity contribution in [1.29, 1.82) is 0 Å². The second-order valence-corrected chi connectivity index (χ2v) is 6.07. The van der Waals surface area contributed by atoms with E-state index in [0.717, 1.165) is 12.0 Å². The van der Waals surface area contributed by atoms with Crippen LogP contribution in [-0.2, 0) is 4.79 Å². The second kappa shape index (κ2) is 8.89. The molecule has 6 heteroatoms. The third kappa shape index (κ3) is 4.99. The van der Waals surface area contributed by atoms with Gasteiger partial charge < -0.3 is 14.9 Å². The number of benzene rings is 2. The van der Waals surface area contributed by atoms with Crippen LogP contribution in [0.4, 0.5) is 0 Å². The van der Waals surface area contributed by atoms with Crippen molar-refractivity contribution < 1.29 is 19.7 Å². The highest BCUT2D eigenvalue weighted by molar-refractivity contribution is 6.01. The van der Waals surface area contributed by atoms with Crippen molar-refractivity contribution in [3.05, 3.63) is 53.6 Å². The van der Waals surface area contributed by atoms with Crippen molar-refractivity contribution in [3.63, 3.8) is 0 Å². The lowest BCUT2D eigenvalue weighted by atomic mass is 9.98. The van der Waals surface area contributed by atoms with Gasteiger partial charge in [0.2, 0.25) is 0 Å². The first-order chi connectivity index (χ1) is 12.4. The molecule has 0 saturated carbocycles. The van der Waals surface area contributed by atoms with E-state index in [4.69, 9.17) is 4.74 Å². The summed E-state index contributed by atoms with van der Waals surface area (Å²) < 4.78 is 5.63. The fraction of sp³-hybridized carbons (Fsp3) is 0.300. The summed E-state index contributed by atoms with van der Waals surface area (Å²) in [6.45, 7) is 5.66. The minimum atomic E-state index is -0.414. The zero-order valence-electron chi connectivity index (χ0n) is 15.2. The van der Waals surface area contributed by atoms with E-state index in [2.05, 4.69) is 24.4 Å². The summed E-state index contributed by atoms with van der Waals surface area (Å²) in [4.78, 5) is 12.0. The van der Waals surface area contributed by atoms with Crippen LogP contribution in [0.1, 0.15) is 44.2 Å². The third-order valence-electron chi connectivity index (χ3n) is 4.14. The van der Waals surface area contributed by atoms with Gasteiger partial charge in [-0.1, -0.05) is 32.0 Å². The molecule has 2 rings (SSSR count). The fourth-order valence-corrected chi connectivity index (χ4v) is 2.43. The van der Waals surface area contributed by atoms with Crippen LogP contribution in [0.15, 0.2) is 47.6 Å². The number of amides is 1. The van der Waals surface area contributed by atoms with Crippen molar-refractivity contribution in [2.45, 2.75) is 33.1 Å². The standard InChI is InChI=1S/C20H24N2O4/c1-4-13(2)16-7-5-6-8-19(16)26-12-20(25)22-21-14(3)17-11-15(23)9-10-18(17)24/h5-11,13,23-24H,4,12H2,1-3H3,(H,22,25)/b21-14-. The van der Waals surface area contributed by atoms with Crippen molar-refractivity contribution >= 4 is 11.6 Å². The van der Waals surface area contributed by atoms with E-state index in [1.807, 2.05) is 24.3 Å². The molecule has 1 atom stereocenters. The highest BCUT2D eigenvalue weighted by Crippen LogP contribution is 2.28. The van der Waals surface area contributed by atoms with E-state index in [1.54, 1.807) is 6.92 Å². The van der Waals surface area contributed by atoms with Crippen LogP contribution in [0, 0.1) is 0 Å². The fourth-order valence-electron chi connectivity index (χ4n) is 2.43. The van der Waals surface area contributed by atoms with E-state index in [9.17, 15) is 15.0 Å². The summed E-state index contributed by atoms with van der Waals surface area (Å²) in [5.74, 6) is 0.579. The van der Waals surface area contributed by atoms with Crippen LogP contribution in [0.2, 0.25) is 0 Å². The summed E-state index contributed by atoms with van der Waals surface area (Å²) in [7, 11) is 0. The highest BCUT2D eigenvalue weighted by atomic mass is 16.5. The Morgan fingerprint density at radius 2 is 1.96 bits per heavy atom. The normalized spacial score (nSPS) is 12.5. The van der Waals surface area contributed by atoms with Crippen molar-refractivity contribution in [1.82, 2.24) is 5.43 Å². The average Bonchev–Trinajstić information content (AvgIpc) is 2.65. The monoisotopic (exact) mass is 356 g/mol. The summed E-state index contributed by atoms with van der Waals surface area (Å²) in [6, 6.07) is 11.8. The number of carbonyl (C=O) groups excluding carboxylic acids is 1. The molecule has 0 bridgehead atoms. The first-order valence-corrected chi connectivity index (χ1v) is 8.49. The van der Waals surface area contributed by atoms with Crippen molar-refractivity contribution in [2.24, 2.45) is 5.10 Å². The molecule has 0 aliphatic rings. The smallest absolute Gasteiger partial charge is 0.277 e. The number of phenols is 2. The molecule has 1 amide bonds. The molecule has 0 saturated heterocycles. The van der Waals surface area contributed by atoms with E-state index in [1.165, 1.54) is 18.2 Å². The minimum absolute atomic E-state index is 0.00339. The SMILES string of the molecule is CCC(C)c1ccccc1OCC(=O)N/N=C(/C)c1cc(O)ccc1O. The molecular formula is C20H24N2O4. The lowest BCUT2D eigenvalue weighted by Gasteiger charge is -2.15. The van der Waals surface area contributed by atoms with Gasteiger partial charge >= 0.3 is 0 Å². The average molecular weight is 356 g/mol. The molecule has 0 fully saturated rings. The Balaban J connectivity index is 1.98. The molecule has 0 heterocycles. The first-order valence-electron chi connectivity index (χ1n) is 8.49. The van der Waals surface area contributed by atoms with Gasteiger partial charge in [0.15, 0.2) is 6.61 Å². The maximum absolute atomic E-state index is 12.0. The number of aromatic hydroxyl groups is 2. The molecule has 0 spiro atoms. The third-order valence-corrected chi connectivity index (χ3v) is 4.14. The van der Waals surface area contributed by atoms with Gasteiger partial charge in [0.05, 0.1) is 5.71 Å². The Kier molecular flexibility index (Phi) is 6.60. The maximum atomic E-state index is 12.0. The van der Waals surface area contributed by atoms with Gasteiger partial charge in [-0.25, -0.2) is 5.43 Å². The summed E-state index contributed by atoms with van der Waals surface area (Å²) in [6.07, 6.45) is 0.976. The van der Waals surface area contributed by atoms with E-state index >= 15 is 0 Å². The van der Waals surface area contributed by atoms with Crippen LogP contribution >= 0.6 is 0 Å². The zero-order valence-corrected chi connectivity index (χ0v) is 15.2. The Morgan fingerprint density at radius 3 is 2.69 bits per heavy atom. The molecule has 0 aromatic heterocycles. The summed E-state index contributed by atoms with van der Waals surface area (Å²) >= 11 is 0. The molecule has 2 aromatic carbocycles. The van der Waals surface area contributed by atoms with Gasteiger partial charge in [0, 0.05) is 5.56 Å². The number of carbonyl (C=O) groups is 1. The number of rotatable bonds is 7. The molecule has 0 radical (unpaired) electrons. The van der Waals surface area contributed by atoms with Gasteiger partial charge in [0.25, 0.3) is 5.91 Å². The lowest BCUT2D eigenvalue weighted by Crippen LogP contribution is -2.26. The Bertz CT molecular complexity index is 802. The molecule has 0 aliphatic heterocycles. The highest BCUT2D eigenvalue weighted by Gasteiger charge is 2.11.